The van der Waals surface area contributed by atoms with Crippen molar-refractivity contribution in [1.29, 1.82) is 0 Å². The Kier molecular flexibility index (Phi) is 10.4. The van der Waals surface area contributed by atoms with E-state index in [1.54, 1.807) is 6.92 Å². The summed E-state index contributed by atoms with van der Waals surface area (Å²) >= 11 is 0. The van der Waals surface area contributed by atoms with E-state index >= 15 is 0 Å². The first-order valence-electron chi connectivity index (χ1n) is 13.0. The summed E-state index contributed by atoms with van der Waals surface area (Å²) in [5.41, 5.74) is 1.80. The molecule has 2 N–H and O–H groups in total. The summed E-state index contributed by atoms with van der Waals surface area (Å²) in [6.45, 7) is 2.19. The Bertz CT molecular complexity index is 1240. The molecule has 4 rings (SSSR count). The number of benzene rings is 2. The summed E-state index contributed by atoms with van der Waals surface area (Å²) in [7, 11) is 1.36. The van der Waals surface area contributed by atoms with Crippen LogP contribution >= 0.6 is 0 Å². The number of cyclic esters (lactones) is 1. The molecule has 2 heterocycles. The lowest BCUT2D eigenvalue weighted by atomic mass is 9.89. The molecule has 0 radical (unpaired) electrons. The molecule has 4 atom stereocenters. The fraction of sp³-hybridized carbons (Fsp3) is 0.367. The van der Waals surface area contributed by atoms with Crippen molar-refractivity contribution in [3.05, 3.63) is 89.7 Å². The number of amides is 1. The first-order chi connectivity index (χ1) is 19.5. The Hall–Kier alpha value is -3.99. The Morgan fingerprint density at radius 2 is 1.75 bits per heavy atom. The molecule has 10 nitrogen and oxygen atoms in total. The molecule has 10 heteroatoms. The molecule has 1 aliphatic rings. The molecular weight excluding hydrogens is 516 g/mol. The Labute approximate surface area is 233 Å². The lowest BCUT2D eigenvalue weighted by molar-refractivity contribution is -0.160. The molecular formula is C30H34N2O8. The molecule has 2 unspecified atom stereocenters. The van der Waals surface area contributed by atoms with Crippen LogP contribution in [0.2, 0.25) is 0 Å². The summed E-state index contributed by atoms with van der Waals surface area (Å²) in [5.74, 6) is -2.04. The zero-order chi connectivity index (χ0) is 28.3. The van der Waals surface area contributed by atoms with Crippen molar-refractivity contribution in [2.45, 2.75) is 38.2 Å². The van der Waals surface area contributed by atoms with Gasteiger partial charge in [-0.25, -0.2) is 9.78 Å². The number of nitrogens with zero attached hydrogens (tertiary/aromatic N) is 1. The van der Waals surface area contributed by atoms with Crippen LogP contribution in [-0.4, -0.2) is 67.3 Å². The molecule has 0 bridgehead atoms. The number of pyridine rings is 1. The number of rotatable bonds is 10. The number of carbonyl (C=O) groups is 2. The van der Waals surface area contributed by atoms with Gasteiger partial charge in [0.15, 0.2) is 23.2 Å². The van der Waals surface area contributed by atoms with Gasteiger partial charge in [-0.3, -0.25) is 4.79 Å². The number of aromatic nitrogens is 1. The second-order valence-corrected chi connectivity index (χ2v) is 9.43. The van der Waals surface area contributed by atoms with Crippen molar-refractivity contribution in [3.8, 4) is 11.5 Å². The van der Waals surface area contributed by atoms with Crippen LogP contribution in [0.5, 0.6) is 11.5 Å². The average molecular weight is 551 g/mol. The number of carbonyl (C=O) groups excluding carboxylic acids is 2. The molecule has 212 valence electrons. The van der Waals surface area contributed by atoms with Crippen molar-refractivity contribution >= 4 is 11.9 Å². The number of aromatic hydroxyl groups is 1. The summed E-state index contributed by atoms with van der Waals surface area (Å²) in [6, 6.07) is 19.9. The highest BCUT2D eigenvalue weighted by Gasteiger charge is 2.36. The Balaban J connectivity index is 1.46. The third-order valence-electron chi connectivity index (χ3n) is 6.65. The standard InChI is InChI=1S/C30H34N2O8/c1-20-23(15-21-9-5-3-6-10-21)26(39-19-38-16-22-11-7-4-8-12-22)18-37-17-24(30(35)40-20)32-29(34)27-28(33)25(36-2)13-14-31-27/h3-14,20,23-24,26,33H,15-19H2,1-2H3,(H,32,34)/t20-,23?,24-,26?/m0/s1. The second-order valence-electron chi connectivity index (χ2n) is 9.43. The quantitative estimate of drug-likeness (QED) is 0.222. The third kappa shape index (κ3) is 7.78. The van der Waals surface area contributed by atoms with E-state index in [0.29, 0.717) is 13.0 Å². The van der Waals surface area contributed by atoms with E-state index in [2.05, 4.69) is 10.3 Å². The van der Waals surface area contributed by atoms with Gasteiger partial charge in [-0.1, -0.05) is 60.7 Å². The van der Waals surface area contributed by atoms with Crippen LogP contribution in [0.3, 0.4) is 0 Å². The van der Waals surface area contributed by atoms with Gasteiger partial charge in [0.2, 0.25) is 0 Å². The molecule has 2 aromatic carbocycles. The zero-order valence-corrected chi connectivity index (χ0v) is 22.5. The lowest BCUT2D eigenvalue weighted by Crippen LogP contribution is -2.46. The predicted molar refractivity (Wildman–Crippen MR) is 145 cm³/mol. The summed E-state index contributed by atoms with van der Waals surface area (Å²) in [5, 5.41) is 12.9. The number of ether oxygens (including phenoxy) is 5. The maximum atomic E-state index is 13.1. The molecule has 0 saturated carbocycles. The van der Waals surface area contributed by atoms with Crippen molar-refractivity contribution < 1.29 is 38.4 Å². The number of methoxy groups -OCH3 is 1. The monoisotopic (exact) mass is 550 g/mol. The van der Waals surface area contributed by atoms with Crippen LogP contribution in [0.1, 0.15) is 28.5 Å². The molecule has 1 fully saturated rings. The molecule has 1 aliphatic heterocycles. The summed E-state index contributed by atoms with van der Waals surface area (Å²) in [6.07, 6.45) is 0.859. The molecule has 1 aromatic heterocycles. The van der Waals surface area contributed by atoms with Gasteiger partial charge in [0.25, 0.3) is 5.91 Å². The number of hydrogen-bond donors (Lipinski definition) is 2. The molecule has 40 heavy (non-hydrogen) atoms. The van der Waals surface area contributed by atoms with Crippen LogP contribution in [0.15, 0.2) is 72.9 Å². The number of esters is 1. The van der Waals surface area contributed by atoms with Crippen molar-refractivity contribution in [3.63, 3.8) is 0 Å². The highest BCUT2D eigenvalue weighted by Crippen LogP contribution is 2.28. The highest BCUT2D eigenvalue weighted by molar-refractivity contribution is 5.98. The van der Waals surface area contributed by atoms with Crippen molar-refractivity contribution in [2.24, 2.45) is 5.92 Å². The first kappa shape index (κ1) is 29.0. The molecule has 1 saturated heterocycles. The number of nitrogens with one attached hydrogen (secondary N) is 1. The van der Waals surface area contributed by atoms with E-state index in [-0.39, 0.29) is 37.4 Å². The largest absolute Gasteiger partial charge is 0.503 e. The van der Waals surface area contributed by atoms with E-state index in [0.717, 1.165) is 11.1 Å². The highest BCUT2D eigenvalue weighted by atomic mass is 16.7. The minimum atomic E-state index is -1.13. The van der Waals surface area contributed by atoms with Crippen LogP contribution in [0.25, 0.3) is 0 Å². The van der Waals surface area contributed by atoms with Gasteiger partial charge in [-0.15, -0.1) is 0 Å². The van der Waals surface area contributed by atoms with E-state index in [1.165, 1.54) is 19.4 Å². The Morgan fingerprint density at radius 3 is 2.45 bits per heavy atom. The SMILES string of the molecule is COc1ccnc(C(=O)N[C@H]2COCC(OCOCc3ccccc3)C(Cc3ccccc3)[C@H](C)OC2=O)c1O. The van der Waals surface area contributed by atoms with Crippen molar-refractivity contribution in [2.75, 3.05) is 27.1 Å². The molecule has 0 aliphatic carbocycles. The van der Waals surface area contributed by atoms with Gasteiger partial charge >= 0.3 is 5.97 Å². The van der Waals surface area contributed by atoms with E-state index in [1.807, 2.05) is 60.7 Å². The van der Waals surface area contributed by atoms with Crippen LogP contribution in [0.4, 0.5) is 0 Å². The summed E-state index contributed by atoms with van der Waals surface area (Å²) < 4.78 is 28.6. The lowest BCUT2D eigenvalue weighted by Gasteiger charge is -2.30. The van der Waals surface area contributed by atoms with Gasteiger partial charge in [0.1, 0.15) is 12.9 Å². The maximum absolute atomic E-state index is 13.1. The van der Waals surface area contributed by atoms with Gasteiger partial charge in [0, 0.05) is 18.2 Å². The van der Waals surface area contributed by atoms with Gasteiger partial charge in [0.05, 0.1) is 33.0 Å². The first-order valence-corrected chi connectivity index (χ1v) is 13.0. The normalized spacial score (nSPS) is 21.4. The topological polar surface area (TPSA) is 125 Å². The van der Waals surface area contributed by atoms with Gasteiger partial charge in [-0.2, -0.15) is 0 Å². The minimum absolute atomic E-state index is 0.0236. The van der Waals surface area contributed by atoms with Crippen molar-refractivity contribution in [1.82, 2.24) is 10.3 Å². The second kappa shape index (κ2) is 14.4. The van der Waals surface area contributed by atoms with E-state index < -0.39 is 35.9 Å². The third-order valence-corrected chi connectivity index (χ3v) is 6.65. The zero-order valence-electron chi connectivity index (χ0n) is 22.5. The maximum Gasteiger partial charge on any atom is 0.331 e. The Morgan fingerprint density at radius 1 is 1.05 bits per heavy atom. The fourth-order valence-corrected chi connectivity index (χ4v) is 4.47. The van der Waals surface area contributed by atoms with Gasteiger partial charge < -0.3 is 34.1 Å². The van der Waals surface area contributed by atoms with E-state index in [4.69, 9.17) is 23.7 Å². The van der Waals surface area contributed by atoms with E-state index in [9.17, 15) is 14.7 Å². The number of hydrogen-bond acceptors (Lipinski definition) is 9. The van der Waals surface area contributed by atoms with Crippen LogP contribution in [-0.2, 0) is 36.8 Å². The molecule has 0 spiro atoms. The predicted octanol–water partition coefficient (Wildman–Crippen LogP) is 3.27. The molecule has 1 amide bonds. The molecule has 3 aromatic rings. The average Bonchev–Trinajstić information content (AvgIpc) is 3.02. The minimum Gasteiger partial charge on any atom is -0.503 e. The smallest absolute Gasteiger partial charge is 0.331 e. The van der Waals surface area contributed by atoms with Gasteiger partial charge in [-0.05, 0) is 24.5 Å². The fourth-order valence-electron chi connectivity index (χ4n) is 4.47. The van der Waals surface area contributed by atoms with Crippen LogP contribution in [0, 0.1) is 5.92 Å². The summed E-state index contributed by atoms with van der Waals surface area (Å²) in [4.78, 5) is 29.9. The van der Waals surface area contributed by atoms with Crippen LogP contribution < -0.4 is 10.1 Å².